The van der Waals surface area contributed by atoms with Gasteiger partial charge >= 0.3 is 5.97 Å². The molecule has 3 nitrogen and oxygen atoms in total. The first-order valence-electron chi connectivity index (χ1n) is 5.96. The van der Waals surface area contributed by atoms with E-state index in [2.05, 4.69) is 0 Å². The van der Waals surface area contributed by atoms with Gasteiger partial charge in [0.05, 0.1) is 6.54 Å². The topological polar surface area (TPSA) is 40.5 Å². The summed E-state index contributed by atoms with van der Waals surface area (Å²) in [5, 5.41) is 9.70. The number of aliphatic carboxylic acids is 1. The number of carboxylic acid groups (broad SMARTS) is 1. The Morgan fingerprint density at radius 2 is 2.06 bits per heavy atom. The van der Waals surface area contributed by atoms with E-state index in [0.717, 1.165) is 5.56 Å². The van der Waals surface area contributed by atoms with Crippen LogP contribution in [0.15, 0.2) is 24.3 Å². The van der Waals surface area contributed by atoms with Crippen molar-refractivity contribution < 1.29 is 9.90 Å². The van der Waals surface area contributed by atoms with Crippen LogP contribution in [0.4, 0.5) is 0 Å². The number of hydrogen-bond donors (Lipinski definition) is 1. The molecule has 0 saturated heterocycles. The average Bonchev–Trinajstić information content (AvgIpc) is 2.23. The number of hydrogen-bond acceptors (Lipinski definition) is 2. The van der Waals surface area contributed by atoms with Gasteiger partial charge in [0.15, 0.2) is 0 Å². The SMILES string of the molecule is CC(c1cccc(Cl)c1)N(CC(=O)O)C(C)(C)C. The monoisotopic (exact) mass is 269 g/mol. The van der Waals surface area contributed by atoms with Crippen LogP contribution in [0.25, 0.3) is 0 Å². The highest BCUT2D eigenvalue weighted by Crippen LogP contribution is 2.28. The highest BCUT2D eigenvalue weighted by atomic mass is 35.5. The Hall–Kier alpha value is -1.06. The molecule has 0 bridgehead atoms. The Bertz CT molecular complexity index is 426. The van der Waals surface area contributed by atoms with Gasteiger partial charge in [-0.05, 0) is 45.4 Å². The molecule has 0 heterocycles. The van der Waals surface area contributed by atoms with Crippen LogP contribution in [-0.4, -0.2) is 28.1 Å². The van der Waals surface area contributed by atoms with Crippen molar-refractivity contribution in [2.75, 3.05) is 6.54 Å². The third kappa shape index (κ3) is 4.00. The molecule has 18 heavy (non-hydrogen) atoms. The lowest BCUT2D eigenvalue weighted by Crippen LogP contribution is -2.45. The lowest BCUT2D eigenvalue weighted by atomic mass is 9.99. The molecule has 0 amide bonds. The minimum Gasteiger partial charge on any atom is -0.480 e. The maximum Gasteiger partial charge on any atom is 0.317 e. The molecule has 1 N–H and O–H groups in total. The molecule has 0 fully saturated rings. The summed E-state index contributed by atoms with van der Waals surface area (Å²) in [6, 6.07) is 7.55. The van der Waals surface area contributed by atoms with E-state index >= 15 is 0 Å². The summed E-state index contributed by atoms with van der Waals surface area (Å²) in [6.45, 7) is 8.04. The number of rotatable bonds is 4. The maximum atomic E-state index is 11.0. The summed E-state index contributed by atoms with van der Waals surface area (Å²) < 4.78 is 0. The van der Waals surface area contributed by atoms with Crippen LogP contribution >= 0.6 is 11.6 Å². The van der Waals surface area contributed by atoms with Crippen molar-refractivity contribution in [3.63, 3.8) is 0 Å². The summed E-state index contributed by atoms with van der Waals surface area (Å²) in [5.41, 5.74) is 0.804. The Balaban J connectivity index is 3.02. The van der Waals surface area contributed by atoms with Crippen molar-refractivity contribution in [2.45, 2.75) is 39.3 Å². The van der Waals surface area contributed by atoms with Crippen molar-refractivity contribution in [1.82, 2.24) is 4.90 Å². The van der Waals surface area contributed by atoms with E-state index in [4.69, 9.17) is 16.7 Å². The van der Waals surface area contributed by atoms with E-state index in [-0.39, 0.29) is 18.1 Å². The standard InChI is InChI=1S/C14H20ClNO2/c1-10(11-6-5-7-12(15)8-11)16(9-13(17)18)14(2,3)4/h5-8,10H,9H2,1-4H3,(H,17,18). The molecule has 1 aromatic rings. The Morgan fingerprint density at radius 3 is 2.50 bits per heavy atom. The zero-order chi connectivity index (χ0) is 13.9. The first kappa shape index (κ1) is 15.0. The van der Waals surface area contributed by atoms with Gasteiger partial charge in [0.25, 0.3) is 0 Å². The number of benzene rings is 1. The lowest BCUT2D eigenvalue weighted by Gasteiger charge is -2.39. The van der Waals surface area contributed by atoms with Crippen molar-refractivity contribution in [3.05, 3.63) is 34.9 Å². The van der Waals surface area contributed by atoms with E-state index < -0.39 is 5.97 Å². The van der Waals surface area contributed by atoms with E-state index in [1.165, 1.54) is 0 Å². The summed E-state index contributed by atoms with van der Waals surface area (Å²) in [7, 11) is 0. The minimum atomic E-state index is -0.821. The maximum absolute atomic E-state index is 11.0. The summed E-state index contributed by atoms with van der Waals surface area (Å²) in [4.78, 5) is 12.9. The van der Waals surface area contributed by atoms with Gasteiger partial charge in [0.2, 0.25) is 0 Å². The zero-order valence-corrected chi connectivity index (χ0v) is 12.0. The van der Waals surface area contributed by atoms with Crippen LogP contribution in [0.3, 0.4) is 0 Å². The average molecular weight is 270 g/mol. The highest BCUT2D eigenvalue weighted by molar-refractivity contribution is 6.30. The number of carboxylic acids is 1. The van der Waals surface area contributed by atoms with Crippen LogP contribution in [0.2, 0.25) is 5.02 Å². The smallest absolute Gasteiger partial charge is 0.317 e. The van der Waals surface area contributed by atoms with Gasteiger partial charge in [-0.15, -0.1) is 0 Å². The first-order valence-corrected chi connectivity index (χ1v) is 6.33. The second kappa shape index (κ2) is 5.72. The van der Waals surface area contributed by atoms with E-state index in [1.807, 2.05) is 56.9 Å². The van der Waals surface area contributed by atoms with Crippen molar-refractivity contribution in [2.24, 2.45) is 0 Å². The van der Waals surface area contributed by atoms with E-state index in [1.54, 1.807) is 0 Å². The fourth-order valence-corrected chi connectivity index (χ4v) is 2.25. The molecule has 0 aromatic heterocycles. The summed E-state index contributed by atoms with van der Waals surface area (Å²) in [5.74, 6) is -0.821. The molecule has 1 atom stereocenters. The third-order valence-corrected chi connectivity index (χ3v) is 3.20. The molecular weight excluding hydrogens is 250 g/mol. The normalized spacial score (nSPS) is 13.7. The second-order valence-corrected chi connectivity index (χ2v) is 5.86. The molecule has 0 saturated carbocycles. The van der Waals surface area contributed by atoms with Gasteiger partial charge in [0.1, 0.15) is 0 Å². The number of nitrogens with zero attached hydrogens (tertiary/aromatic N) is 1. The summed E-state index contributed by atoms with van der Waals surface area (Å²) >= 11 is 5.98. The molecular formula is C14H20ClNO2. The fraction of sp³-hybridized carbons (Fsp3) is 0.500. The molecule has 1 unspecified atom stereocenters. The Morgan fingerprint density at radius 1 is 1.44 bits per heavy atom. The van der Waals surface area contributed by atoms with Gasteiger partial charge < -0.3 is 5.11 Å². The van der Waals surface area contributed by atoms with Crippen molar-refractivity contribution in [1.29, 1.82) is 0 Å². The predicted octanol–water partition coefficient (Wildman–Crippen LogP) is 3.59. The predicted molar refractivity (Wildman–Crippen MR) is 74.0 cm³/mol. The van der Waals surface area contributed by atoms with Gasteiger partial charge in [-0.3, -0.25) is 9.69 Å². The molecule has 0 radical (unpaired) electrons. The molecule has 0 spiro atoms. The largest absolute Gasteiger partial charge is 0.480 e. The quantitative estimate of drug-likeness (QED) is 0.908. The third-order valence-electron chi connectivity index (χ3n) is 2.97. The number of halogens is 1. The van der Waals surface area contributed by atoms with Gasteiger partial charge in [-0.1, -0.05) is 23.7 Å². The molecule has 4 heteroatoms. The minimum absolute atomic E-state index is 0.000185. The molecule has 1 aromatic carbocycles. The van der Waals surface area contributed by atoms with Gasteiger partial charge in [-0.2, -0.15) is 0 Å². The fourth-order valence-electron chi connectivity index (χ4n) is 2.05. The molecule has 1 rings (SSSR count). The summed E-state index contributed by atoms with van der Waals surface area (Å²) in [6.07, 6.45) is 0. The second-order valence-electron chi connectivity index (χ2n) is 5.42. The van der Waals surface area contributed by atoms with Crippen molar-refractivity contribution in [3.8, 4) is 0 Å². The first-order chi connectivity index (χ1) is 8.21. The van der Waals surface area contributed by atoms with E-state index in [0.29, 0.717) is 5.02 Å². The molecule has 0 aliphatic rings. The Labute approximate surface area is 113 Å². The van der Waals surface area contributed by atoms with Crippen LogP contribution in [0.1, 0.15) is 39.3 Å². The van der Waals surface area contributed by atoms with Crippen LogP contribution in [0, 0.1) is 0 Å². The van der Waals surface area contributed by atoms with Crippen LogP contribution in [0.5, 0.6) is 0 Å². The number of carbonyl (C=O) groups is 1. The van der Waals surface area contributed by atoms with E-state index in [9.17, 15) is 4.79 Å². The van der Waals surface area contributed by atoms with Crippen LogP contribution < -0.4 is 0 Å². The highest BCUT2D eigenvalue weighted by Gasteiger charge is 2.28. The van der Waals surface area contributed by atoms with Crippen LogP contribution in [-0.2, 0) is 4.79 Å². The Kier molecular flexibility index (Phi) is 4.77. The lowest BCUT2D eigenvalue weighted by molar-refractivity contribution is -0.140. The van der Waals surface area contributed by atoms with Gasteiger partial charge in [-0.25, -0.2) is 0 Å². The van der Waals surface area contributed by atoms with Gasteiger partial charge in [0, 0.05) is 16.6 Å². The molecule has 0 aliphatic heterocycles. The van der Waals surface area contributed by atoms with Crippen molar-refractivity contribution >= 4 is 17.6 Å². The zero-order valence-electron chi connectivity index (χ0n) is 11.3. The molecule has 0 aliphatic carbocycles. The molecule has 100 valence electrons.